The third kappa shape index (κ3) is 3.97. The van der Waals surface area contributed by atoms with Gasteiger partial charge in [0.1, 0.15) is 0 Å². The molecule has 0 saturated carbocycles. The van der Waals surface area contributed by atoms with E-state index in [9.17, 15) is 0 Å². The van der Waals surface area contributed by atoms with Crippen molar-refractivity contribution in [1.29, 1.82) is 0 Å². The van der Waals surface area contributed by atoms with Crippen LogP contribution in [-0.2, 0) is 19.4 Å². The summed E-state index contributed by atoms with van der Waals surface area (Å²) in [6, 6.07) is 7.44. The van der Waals surface area contributed by atoms with Crippen molar-refractivity contribution < 1.29 is 0 Å². The van der Waals surface area contributed by atoms with E-state index in [1.807, 2.05) is 0 Å². The minimum atomic E-state index is 0.256. The Bertz CT molecular complexity index is 420. The monoisotopic (exact) mass is 279 g/mol. The van der Waals surface area contributed by atoms with E-state index in [1.54, 1.807) is 11.1 Å². The van der Waals surface area contributed by atoms with Crippen LogP contribution in [0, 0.1) is 5.41 Å². The van der Waals surface area contributed by atoms with E-state index in [0.717, 1.165) is 18.8 Å². The number of fused-ring (bicyclic) bond motifs is 1. The molecule has 2 rings (SSSR count). The van der Waals surface area contributed by atoms with Gasteiger partial charge >= 0.3 is 0 Å². The molecule has 0 heterocycles. The summed E-state index contributed by atoms with van der Waals surface area (Å²) in [5, 5.41) is 3.68. The standard InChI is InChI=1S/C17H26ClN/c1-17(2,3)16(9-10-18)19-12-13-7-8-14-5-4-6-15(14)11-13/h7-8,11,16,19H,4-6,9-10,12H2,1-3H3. The highest BCUT2D eigenvalue weighted by atomic mass is 35.5. The molecule has 0 aliphatic heterocycles. The Morgan fingerprint density at radius 1 is 1.21 bits per heavy atom. The van der Waals surface area contributed by atoms with Gasteiger partial charge in [-0.25, -0.2) is 0 Å². The molecule has 2 heteroatoms. The number of halogens is 1. The maximum Gasteiger partial charge on any atom is 0.0238 e. The van der Waals surface area contributed by atoms with Crippen LogP contribution in [-0.4, -0.2) is 11.9 Å². The Morgan fingerprint density at radius 2 is 1.95 bits per heavy atom. The number of benzene rings is 1. The summed E-state index contributed by atoms with van der Waals surface area (Å²) in [6.07, 6.45) is 4.87. The third-order valence-electron chi connectivity index (χ3n) is 4.16. The molecule has 1 aliphatic rings. The van der Waals surface area contributed by atoms with Crippen molar-refractivity contribution in [2.24, 2.45) is 5.41 Å². The summed E-state index contributed by atoms with van der Waals surface area (Å²) < 4.78 is 0. The predicted octanol–water partition coefficient (Wildman–Crippen LogP) is 4.31. The smallest absolute Gasteiger partial charge is 0.0238 e. The van der Waals surface area contributed by atoms with Crippen molar-refractivity contribution in [2.45, 2.75) is 59.0 Å². The zero-order chi connectivity index (χ0) is 13.9. The summed E-state index contributed by atoms with van der Waals surface area (Å²) in [7, 11) is 0. The molecule has 0 amide bonds. The van der Waals surface area contributed by atoms with Crippen molar-refractivity contribution in [3.63, 3.8) is 0 Å². The second-order valence-corrected chi connectivity index (χ2v) is 7.11. The molecule has 1 unspecified atom stereocenters. The maximum absolute atomic E-state index is 5.92. The van der Waals surface area contributed by atoms with Crippen molar-refractivity contribution in [3.8, 4) is 0 Å². The topological polar surface area (TPSA) is 12.0 Å². The van der Waals surface area contributed by atoms with Gasteiger partial charge in [-0.2, -0.15) is 0 Å². The molecule has 0 fully saturated rings. The van der Waals surface area contributed by atoms with Crippen LogP contribution in [0.3, 0.4) is 0 Å². The molecule has 0 spiro atoms. The molecule has 0 aromatic heterocycles. The minimum absolute atomic E-state index is 0.256. The summed E-state index contributed by atoms with van der Waals surface area (Å²) in [6.45, 7) is 7.78. The Hall–Kier alpha value is -0.530. The molecule has 1 aromatic carbocycles. The van der Waals surface area contributed by atoms with Crippen LogP contribution in [0.25, 0.3) is 0 Å². The fraction of sp³-hybridized carbons (Fsp3) is 0.647. The number of hydrogen-bond donors (Lipinski definition) is 1. The van der Waals surface area contributed by atoms with Gasteiger partial charge in [0.15, 0.2) is 0 Å². The van der Waals surface area contributed by atoms with E-state index < -0.39 is 0 Å². The van der Waals surface area contributed by atoms with Gasteiger partial charge in [0.2, 0.25) is 0 Å². The molecular formula is C17H26ClN. The first-order chi connectivity index (χ1) is 9.00. The Kier molecular flexibility index (Phi) is 4.92. The predicted molar refractivity (Wildman–Crippen MR) is 83.9 cm³/mol. The van der Waals surface area contributed by atoms with E-state index in [2.05, 4.69) is 44.3 Å². The number of alkyl halides is 1. The SMILES string of the molecule is CC(C)(C)C(CCCl)NCc1ccc2c(c1)CCC2. The quantitative estimate of drug-likeness (QED) is 0.792. The highest BCUT2D eigenvalue weighted by Crippen LogP contribution is 2.25. The molecule has 1 aliphatic carbocycles. The second-order valence-electron chi connectivity index (χ2n) is 6.73. The normalized spacial score (nSPS) is 16.4. The molecule has 0 bridgehead atoms. The summed E-state index contributed by atoms with van der Waals surface area (Å²) in [5.41, 5.74) is 4.77. The average molecular weight is 280 g/mol. The first-order valence-corrected chi connectivity index (χ1v) is 7.94. The molecule has 1 N–H and O–H groups in total. The lowest BCUT2D eigenvalue weighted by Gasteiger charge is -2.31. The van der Waals surface area contributed by atoms with Crippen LogP contribution in [0.5, 0.6) is 0 Å². The van der Waals surface area contributed by atoms with Gasteiger partial charge < -0.3 is 5.32 Å². The van der Waals surface area contributed by atoms with Crippen molar-refractivity contribution in [3.05, 3.63) is 34.9 Å². The summed E-state index contributed by atoms with van der Waals surface area (Å²) in [5.74, 6) is 0.721. The molecule has 19 heavy (non-hydrogen) atoms. The van der Waals surface area contributed by atoms with Crippen molar-refractivity contribution in [2.75, 3.05) is 5.88 Å². The largest absolute Gasteiger partial charge is 0.309 e. The molecule has 106 valence electrons. The first kappa shape index (κ1) is 14.9. The second kappa shape index (κ2) is 6.28. The van der Waals surface area contributed by atoms with E-state index in [0.29, 0.717) is 6.04 Å². The summed E-state index contributed by atoms with van der Waals surface area (Å²) in [4.78, 5) is 0. The lowest BCUT2D eigenvalue weighted by atomic mass is 9.85. The highest BCUT2D eigenvalue weighted by Gasteiger charge is 2.23. The maximum atomic E-state index is 5.92. The van der Waals surface area contributed by atoms with Crippen LogP contribution in [0.2, 0.25) is 0 Å². The summed E-state index contributed by atoms with van der Waals surface area (Å²) >= 11 is 5.92. The van der Waals surface area contributed by atoms with Gasteiger partial charge in [-0.05, 0) is 47.8 Å². The highest BCUT2D eigenvalue weighted by molar-refractivity contribution is 6.17. The average Bonchev–Trinajstić information content (AvgIpc) is 2.80. The van der Waals surface area contributed by atoms with E-state index in [4.69, 9.17) is 11.6 Å². The lowest BCUT2D eigenvalue weighted by Crippen LogP contribution is -2.40. The van der Waals surface area contributed by atoms with Crippen LogP contribution in [0.1, 0.15) is 50.3 Å². The fourth-order valence-corrected chi connectivity index (χ4v) is 3.14. The fourth-order valence-electron chi connectivity index (χ4n) is 2.93. The van der Waals surface area contributed by atoms with E-state index in [1.165, 1.54) is 24.8 Å². The van der Waals surface area contributed by atoms with Crippen molar-refractivity contribution >= 4 is 11.6 Å². The molecule has 1 atom stereocenters. The van der Waals surface area contributed by atoms with E-state index in [-0.39, 0.29) is 5.41 Å². The molecule has 1 aromatic rings. The zero-order valence-corrected chi connectivity index (χ0v) is 13.2. The number of rotatable bonds is 5. The van der Waals surface area contributed by atoms with Gasteiger partial charge in [-0.1, -0.05) is 39.0 Å². The molecular weight excluding hydrogens is 254 g/mol. The Morgan fingerprint density at radius 3 is 2.63 bits per heavy atom. The molecule has 0 radical (unpaired) electrons. The van der Waals surface area contributed by atoms with Gasteiger partial charge in [0.25, 0.3) is 0 Å². The Balaban J connectivity index is 1.97. The third-order valence-corrected chi connectivity index (χ3v) is 4.38. The van der Waals surface area contributed by atoms with Crippen LogP contribution in [0.4, 0.5) is 0 Å². The molecule has 1 nitrogen and oxygen atoms in total. The van der Waals surface area contributed by atoms with E-state index >= 15 is 0 Å². The van der Waals surface area contributed by atoms with Gasteiger partial charge in [-0.15, -0.1) is 11.6 Å². The number of nitrogens with one attached hydrogen (secondary N) is 1. The molecule has 0 saturated heterocycles. The van der Waals surface area contributed by atoms with Crippen LogP contribution >= 0.6 is 11.6 Å². The van der Waals surface area contributed by atoms with Crippen LogP contribution in [0.15, 0.2) is 18.2 Å². The number of aryl methyl sites for hydroxylation is 2. The first-order valence-electron chi connectivity index (χ1n) is 7.41. The van der Waals surface area contributed by atoms with Gasteiger partial charge in [0.05, 0.1) is 0 Å². The zero-order valence-electron chi connectivity index (χ0n) is 12.4. The Labute approximate surface area is 122 Å². The lowest BCUT2D eigenvalue weighted by molar-refractivity contribution is 0.260. The van der Waals surface area contributed by atoms with Gasteiger partial charge in [0, 0.05) is 18.5 Å². The van der Waals surface area contributed by atoms with Crippen LogP contribution < -0.4 is 5.32 Å². The van der Waals surface area contributed by atoms with Crippen molar-refractivity contribution in [1.82, 2.24) is 5.32 Å². The minimum Gasteiger partial charge on any atom is -0.309 e. The van der Waals surface area contributed by atoms with Gasteiger partial charge in [-0.3, -0.25) is 0 Å². The number of hydrogen-bond acceptors (Lipinski definition) is 1.